The summed E-state index contributed by atoms with van der Waals surface area (Å²) in [5.74, 6) is 1.24. The quantitative estimate of drug-likeness (QED) is 0.834. The van der Waals surface area contributed by atoms with Crippen LogP contribution in [-0.4, -0.2) is 24.1 Å². The third-order valence-corrected chi connectivity index (χ3v) is 6.14. The molecule has 4 rings (SSSR count). The van der Waals surface area contributed by atoms with Gasteiger partial charge in [0.05, 0.1) is 12.7 Å². The zero-order chi connectivity index (χ0) is 19.0. The third-order valence-electron chi connectivity index (χ3n) is 6.14. The lowest BCUT2D eigenvalue weighted by Crippen LogP contribution is -2.53. The van der Waals surface area contributed by atoms with Crippen LogP contribution in [-0.2, 0) is 11.3 Å². The smallest absolute Gasteiger partial charge is 0.287 e. The third kappa shape index (κ3) is 3.76. The van der Waals surface area contributed by atoms with Gasteiger partial charge in [-0.05, 0) is 57.4 Å². The van der Waals surface area contributed by atoms with Crippen molar-refractivity contribution in [2.45, 2.75) is 70.7 Å². The Morgan fingerprint density at radius 2 is 1.96 bits per heavy atom. The summed E-state index contributed by atoms with van der Waals surface area (Å²) in [7, 11) is 0. The predicted molar refractivity (Wildman–Crippen MR) is 105 cm³/mol. The van der Waals surface area contributed by atoms with Crippen molar-refractivity contribution < 1.29 is 13.9 Å². The van der Waals surface area contributed by atoms with Crippen LogP contribution in [0.5, 0.6) is 0 Å². The fourth-order valence-corrected chi connectivity index (χ4v) is 4.92. The molecule has 2 aliphatic carbocycles. The highest BCUT2D eigenvalue weighted by molar-refractivity contribution is 5.99. The van der Waals surface area contributed by atoms with Crippen molar-refractivity contribution >= 4 is 16.9 Å². The number of hydrogen-bond acceptors (Lipinski definition) is 4. The Morgan fingerprint density at radius 3 is 2.67 bits per heavy atom. The van der Waals surface area contributed by atoms with E-state index < -0.39 is 0 Å². The SMILES string of the molecule is CC(C)OCc1c(C(=O)NC2C3CCCC2CC(N)C3)oc2ccccc12. The summed E-state index contributed by atoms with van der Waals surface area (Å²) in [6.45, 7) is 4.36. The van der Waals surface area contributed by atoms with Gasteiger partial charge in [0.1, 0.15) is 5.58 Å². The van der Waals surface area contributed by atoms with Crippen molar-refractivity contribution in [2.75, 3.05) is 0 Å². The highest BCUT2D eigenvalue weighted by Gasteiger charge is 2.40. The van der Waals surface area contributed by atoms with Crippen LogP contribution in [0.2, 0.25) is 0 Å². The van der Waals surface area contributed by atoms with Crippen molar-refractivity contribution in [3.8, 4) is 0 Å². The summed E-state index contributed by atoms with van der Waals surface area (Å²) >= 11 is 0. The Bertz CT molecular complexity index is 799. The molecule has 5 nitrogen and oxygen atoms in total. The summed E-state index contributed by atoms with van der Waals surface area (Å²) in [6.07, 6.45) is 5.65. The second-order valence-corrected chi connectivity index (χ2v) is 8.45. The zero-order valence-electron chi connectivity index (χ0n) is 16.2. The van der Waals surface area contributed by atoms with Gasteiger partial charge in [-0.25, -0.2) is 0 Å². The van der Waals surface area contributed by atoms with Gasteiger partial charge >= 0.3 is 0 Å². The van der Waals surface area contributed by atoms with E-state index in [-0.39, 0.29) is 24.1 Å². The number of nitrogens with one attached hydrogen (secondary N) is 1. The molecule has 0 saturated heterocycles. The molecule has 1 amide bonds. The van der Waals surface area contributed by atoms with E-state index in [4.69, 9.17) is 14.9 Å². The first kappa shape index (κ1) is 18.5. The normalized spacial score (nSPS) is 27.9. The maximum Gasteiger partial charge on any atom is 0.287 e. The molecule has 1 aromatic heterocycles. The number of benzene rings is 1. The summed E-state index contributed by atoms with van der Waals surface area (Å²) in [4.78, 5) is 13.2. The number of furan rings is 1. The number of fused-ring (bicyclic) bond motifs is 3. The number of amides is 1. The van der Waals surface area contributed by atoms with Gasteiger partial charge in [0.2, 0.25) is 0 Å². The Labute approximate surface area is 160 Å². The topological polar surface area (TPSA) is 77.5 Å². The molecule has 2 saturated carbocycles. The Hall–Kier alpha value is -1.85. The molecule has 27 heavy (non-hydrogen) atoms. The number of carbonyl (C=O) groups excluding carboxylic acids is 1. The number of carbonyl (C=O) groups is 1. The minimum Gasteiger partial charge on any atom is -0.451 e. The van der Waals surface area contributed by atoms with Crippen LogP contribution in [0.1, 0.15) is 62.1 Å². The van der Waals surface area contributed by atoms with E-state index in [1.54, 1.807) is 0 Å². The van der Waals surface area contributed by atoms with E-state index in [0.29, 0.717) is 24.2 Å². The second kappa shape index (κ2) is 7.64. The molecule has 2 unspecified atom stereocenters. The van der Waals surface area contributed by atoms with E-state index >= 15 is 0 Å². The predicted octanol–water partition coefficient (Wildman–Crippen LogP) is 3.99. The maximum absolute atomic E-state index is 13.2. The molecule has 2 bridgehead atoms. The summed E-state index contributed by atoms with van der Waals surface area (Å²) in [5, 5.41) is 4.26. The van der Waals surface area contributed by atoms with Gasteiger partial charge in [-0.2, -0.15) is 0 Å². The lowest BCUT2D eigenvalue weighted by molar-refractivity contribution is 0.0622. The summed E-state index contributed by atoms with van der Waals surface area (Å²) in [5.41, 5.74) is 7.80. The van der Waals surface area contributed by atoms with E-state index in [0.717, 1.165) is 42.2 Å². The van der Waals surface area contributed by atoms with Crippen LogP contribution >= 0.6 is 0 Å². The summed E-state index contributed by atoms with van der Waals surface area (Å²) < 4.78 is 11.8. The lowest BCUT2D eigenvalue weighted by atomic mass is 9.67. The van der Waals surface area contributed by atoms with Gasteiger partial charge in [-0.15, -0.1) is 0 Å². The average Bonchev–Trinajstić information content (AvgIpc) is 2.99. The largest absolute Gasteiger partial charge is 0.451 e. The molecule has 3 N–H and O–H groups in total. The van der Waals surface area contributed by atoms with Gasteiger partial charge in [-0.1, -0.05) is 24.6 Å². The highest BCUT2D eigenvalue weighted by atomic mass is 16.5. The average molecular weight is 370 g/mol. The fraction of sp³-hybridized carbons (Fsp3) is 0.591. The van der Waals surface area contributed by atoms with Crippen molar-refractivity contribution in [1.29, 1.82) is 0 Å². The van der Waals surface area contributed by atoms with Crippen LogP contribution in [0, 0.1) is 11.8 Å². The van der Waals surface area contributed by atoms with E-state index in [1.165, 1.54) is 6.42 Å². The Kier molecular flexibility index (Phi) is 5.24. The highest BCUT2D eigenvalue weighted by Crippen LogP contribution is 2.40. The molecule has 0 spiro atoms. The molecule has 2 atom stereocenters. The molecular formula is C22H30N2O3. The van der Waals surface area contributed by atoms with Crippen LogP contribution in [0.4, 0.5) is 0 Å². The molecular weight excluding hydrogens is 340 g/mol. The molecule has 2 aromatic rings. The molecule has 1 aromatic carbocycles. The lowest BCUT2D eigenvalue weighted by Gasteiger charge is -2.45. The van der Waals surface area contributed by atoms with Crippen molar-refractivity contribution in [1.82, 2.24) is 5.32 Å². The van der Waals surface area contributed by atoms with Gasteiger partial charge < -0.3 is 20.2 Å². The number of rotatable bonds is 5. The van der Waals surface area contributed by atoms with Gasteiger partial charge in [0.15, 0.2) is 5.76 Å². The van der Waals surface area contributed by atoms with Crippen LogP contribution in [0.3, 0.4) is 0 Å². The van der Waals surface area contributed by atoms with E-state index in [2.05, 4.69) is 5.32 Å². The minimum absolute atomic E-state index is 0.0914. The molecule has 146 valence electrons. The monoisotopic (exact) mass is 370 g/mol. The molecule has 0 radical (unpaired) electrons. The molecule has 0 aliphatic heterocycles. The standard InChI is InChI=1S/C22H30N2O3/c1-13(2)26-12-18-17-8-3-4-9-19(17)27-21(18)22(25)24-20-14-6-5-7-15(20)11-16(23)10-14/h3-4,8-9,13-16,20H,5-7,10-12,23H2,1-2H3,(H,24,25). The molecule has 2 fully saturated rings. The number of hydrogen-bond donors (Lipinski definition) is 2. The van der Waals surface area contributed by atoms with Gasteiger partial charge in [-0.3, -0.25) is 4.79 Å². The van der Waals surface area contributed by atoms with Crippen molar-refractivity contribution in [2.24, 2.45) is 17.6 Å². The van der Waals surface area contributed by atoms with Crippen molar-refractivity contribution in [3.63, 3.8) is 0 Å². The minimum atomic E-state index is -0.120. The van der Waals surface area contributed by atoms with E-state index in [9.17, 15) is 4.79 Å². The van der Waals surface area contributed by atoms with Crippen LogP contribution < -0.4 is 11.1 Å². The molecule has 5 heteroatoms. The first-order valence-corrected chi connectivity index (χ1v) is 10.2. The maximum atomic E-state index is 13.2. The zero-order valence-corrected chi connectivity index (χ0v) is 16.2. The van der Waals surface area contributed by atoms with Crippen LogP contribution in [0.25, 0.3) is 11.0 Å². The Morgan fingerprint density at radius 1 is 1.26 bits per heavy atom. The second-order valence-electron chi connectivity index (χ2n) is 8.45. The number of ether oxygens (including phenoxy) is 1. The molecule has 2 aliphatic rings. The van der Waals surface area contributed by atoms with Gasteiger partial charge in [0, 0.05) is 23.0 Å². The number of para-hydroxylation sites is 1. The van der Waals surface area contributed by atoms with Gasteiger partial charge in [0.25, 0.3) is 5.91 Å². The van der Waals surface area contributed by atoms with E-state index in [1.807, 2.05) is 38.1 Å². The number of nitrogens with two attached hydrogens (primary N) is 1. The fourth-order valence-electron chi connectivity index (χ4n) is 4.92. The molecule has 1 heterocycles. The first-order chi connectivity index (χ1) is 13.0. The summed E-state index contributed by atoms with van der Waals surface area (Å²) in [6, 6.07) is 8.26. The van der Waals surface area contributed by atoms with Crippen molar-refractivity contribution in [3.05, 3.63) is 35.6 Å². The Balaban J connectivity index is 1.59. The van der Waals surface area contributed by atoms with Crippen LogP contribution in [0.15, 0.2) is 28.7 Å². The first-order valence-electron chi connectivity index (χ1n) is 10.2.